The molecule has 0 spiro atoms. The molecule has 0 aliphatic heterocycles. The lowest BCUT2D eigenvalue weighted by Crippen LogP contribution is -2.50. The summed E-state index contributed by atoms with van der Waals surface area (Å²) in [7, 11) is 0. The molecule has 104 valence electrons. The number of ether oxygens (including phenoxy) is 1. The number of nitrogens with one attached hydrogen (secondary N) is 1. The molecule has 0 saturated heterocycles. The standard InChI is InChI=1S/C11H20N2O4S/c1-8(15)12-7-13(9(5-14)6-18)10(16)17-11(2,3)4/h5,9,18H,6-7H2,1-4H3,(H,12,15)/t9-/m0/s1. The van der Waals surface area contributed by atoms with Crippen molar-refractivity contribution in [3.63, 3.8) is 0 Å². The van der Waals surface area contributed by atoms with Crippen LogP contribution in [0.2, 0.25) is 0 Å². The quantitative estimate of drug-likeness (QED) is 0.443. The molecule has 0 radical (unpaired) electrons. The molecule has 0 rings (SSSR count). The minimum atomic E-state index is -0.741. The fraction of sp³-hybridized carbons (Fsp3) is 0.727. The van der Waals surface area contributed by atoms with Gasteiger partial charge in [-0.1, -0.05) is 0 Å². The predicted molar refractivity (Wildman–Crippen MR) is 70.5 cm³/mol. The Labute approximate surface area is 112 Å². The first-order valence-corrected chi connectivity index (χ1v) is 6.14. The van der Waals surface area contributed by atoms with Crippen LogP contribution in [0.3, 0.4) is 0 Å². The molecule has 0 fully saturated rings. The van der Waals surface area contributed by atoms with Crippen LogP contribution in [-0.4, -0.2) is 47.3 Å². The first kappa shape index (κ1) is 16.8. The SMILES string of the molecule is CC(=O)NCN(C(=O)OC(C)(C)C)[C@@H](C=O)CS. The van der Waals surface area contributed by atoms with Crippen LogP contribution in [0.1, 0.15) is 27.7 Å². The largest absolute Gasteiger partial charge is 0.444 e. The lowest BCUT2D eigenvalue weighted by Gasteiger charge is -2.30. The molecule has 0 aliphatic rings. The second-order valence-electron chi connectivity index (χ2n) is 4.73. The Bertz CT molecular complexity index is 315. The van der Waals surface area contributed by atoms with Crippen molar-refractivity contribution in [3.8, 4) is 0 Å². The van der Waals surface area contributed by atoms with Crippen LogP contribution < -0.4 is 5.32 Å². The topological polar surface area (TPSA) is 75.7 Å². The van der Waals surface area contributed by atoms with E-state index in [4.69, 9.17) is 4.74 Å². The van der Waals surface area contributed by atoms with Crippen molar-refractivity contribution < 1.29 is 19.1 Å². The molecular weight excluding hydrogens is 256 g/mol. The van der Waals surface area contributed by atoms with Crippen molar-refractivity contribution in [2.75, 3.05) is 12.4 Å². The smallest absolute Gasteiger partial charge is 0.412 e. The Kier molecular flexibility index (Phi) is 6.75. The Balaban J connectivity index is 4.78. The minimum absolute atomic E-state index is 0.0891. The molecule has 1 atom stereocenters. The van der Waals surface area contributed by atoms with Crippen molar-refractivity contribution >= 4 is 30.9 Å². The van der Waals surface area contributed by atoms with E-state index in [1.807, 2.05) is 0 Å². The third-order valence-electron chi connectivity index (χ3n) is 1.87. The summed E-state index contributed by atoms with van der Waals surface area (Å²) >= 11 is 3.99. The number of amides is 2. The van der Waals surface area contributed by atoms with Crippen LogP contribution in [0.4, 0.5) is 4.79 Å². The maximum absolute atomic E-state index is 11.9. The Morgan fingerprint density at radius 2 is 2.00 bits per heavy atom. The maximum atomic E-state index is 11.9. The highest BCUT2D eigenvalue weighted by molar-refractivity contribution is 7.80. The van der Waals surface area contributed by atoms with Gasteiger partial charge >= 0.3 is 6.09 Å². The third kappa shape index (κ3) is 6.48. The van der Waals surface area contributed by atoms with Gasteiger partial charge < -0.3 is 14.8 Å². The molecule has 0 aliphatic carbocycles. The molecule has 2 amide bonds. The Morgan fingerprint density at radius 1 is 1.44 bits per heavy atom. The number of carbonyl (C=O) groups is 3. The minimum Gasteiger partial charge on any atom is -0.444 e. The number of thiol groups is 1. The molecule has 0 unspecified atom stereocenters. The van der Waals surface area contributed by atoms with E-state index >= 15 is 0 Å². The molecule has 0 saturated carbocycles. The van der Waals surface area contributed by atoms with Crippen LogP contribution in [0.15, 0.2) is 0 Å². The van der Waals surface area contributed by atoms with Gasteiger partial charge in [0.15, 0.2) is 0 Å². The molecular formula is C11H20N2O4S. The zero-order valence-electron chi connectivity index (χ0n) is 11.1. The molecule has 0 aromatic carbocycles. The summed E-state index contributed by atoms with van der Waals surface area (Å²) in [6, 6.07) is -0.741. The lowest BCUT2D eigenvalue weighted by molar-refractivity contribution is -0.120. The number of hydrogen-bond acceptors (Lipinski definition) is 5. The first-order chi connectivity index (χ1) is 8.21. The van der Waals surface area contributed by atoms with Crippen molar-refractivity contribution in [1.29, 1.82) is 0 Å². The second kappa shape index (κ2) is 7.25. The summed E-state index contributed by atoms with van der Waals surface area (Å²) in [4.78, 5) is 34.8. The van der Waals surface area contributed by atoms with Gasteiger partial charge in [0.25, 0.3) is 0 Å². The van der Waals surface area contributed by atoms with E-state index in [-0.39, 0.29) is 18.3 Å². The fourth-order valence-electron chi connectivity index (χ4n) is 1.05. The number of nitrogens with zero attached hydrogens (tertiary/aromatic N) is 1. The monoisotopic (exact) mass is 276 g/mol. The number of aldehydes is 1. The lowest BCUT2D eigenvalue weighted by atomic mass is 10.2. The summed E-state index contributed by atoms with van der Waals surface area (Å²) in [5, 5.41) is 2.45. The van der Waals surface area contributed by atoms with E-state index in [0.29, 0.717) is 6.29 Å². The molecule has 0 heterocycles. The van der Waals surface area contributed by atoms with Gasteiger partial charge in [-0.2, -0.15) is 12.6 Å². The predicted octanol–water partition coefficient (Wildman–Crippen LogP) is 0.814. The highest BCUT2D eigenvalue weighted by atomic mass is 32.1. The van der Waals surface area contributed by atoms with E-state index in [9.17, 15) is 14.4 Å². The first-order valence-electron chi connectivity index (χ1n) is 5.51. The normalized spacial score (nSPS) is 12.5. The molecule has 7 heteroatoms. The van der Waals surface area contributed by atoms with Gasteiger partial charge in [0.2, 0.25) is 5.91 Å². The van der Waals surface area contributed by atoms with Gasteiger partial charge in [-0.25, -0.2) is 4.79 Å². The van der Waals surface area contributed by atoms with E-state index in [1.54, 1.807) is 20.8 Å². The van der Waals surface area contributed by atoms with Crippen molar-refractivity contribution in [1.82, 2.24) is 10.2 Å². The van der Waals surface area contributed by atoms with Crippen LogP contribution in [0, 0.1) is 0 Å². The molecule has 0 bridgehead atoms. The third-order valence-corrected chi connectivity index (χ3v) is 2.24. The van der Waals surface area contributed by atoms with Gasteiger partial charge in [-0.15, -0.1) is 0 Å². The van der Waals surface area contributed by atoms with E-state index in [2.05, 4.69) is 17.9 Å². The molecule has 18 heavy (non-hydrogen) atoms. The summed E-state index contributed by atoms with van der Waals surface area (Å²) in [6.45, 7) is 6.40. The summed E-state index contributed by atoms with van der Waals surface area (Å²) in [6.07, 6.45) is -0.0685. The van der Waals surface area contributed by atoms with Gasteiger partial charge in [0.1, 0.15) is 17.9 Å². The Morgan fingerprint density at radius 3 is 2.33 bits per heavy atom. The van der Waals surface area contributed by atoms with Gasteiger partial charge in [-0.3, -0.25) is 9.69 Å². The van der Waals surface area contributed by atoms with Crippen LogP contribution in [0.25, 0.3) is 0 Å². The number of rotatable bonds is 5. The van der Waals surface area contributed by atoms with Crippen molar-refractivity contribution in [3.05, 3.63) is 0 Å². The molecule has 1 N–H and O–H groups in total. The molecule has 0 aromatic rings. The summed E-state index contributed by atoms with van der Waals surface area (Å²) < 4.78 is 5.16. The van der Waals surface area contributed by atoms with Crippen LogP contribution in [-0.2, 0) is 14.3 Å². The zero-order chi connectivity index (χ0) is 14.3. The van der Waals surface area contributed by atoms with Gasteiger partial charge in [-0.05, 0) is 20.8 Å². The highest BCUT2D eigenvalue weighted by Crippen LogP contribution is 2.11. The fourth-order valence-corrected chi connectivity index (χ4v) is 1.33. The molecule has 0 aromatic heterocycles. The average Bonchev–Trinajstić information content (AvgIpc) is 2.21. The van der Waals surface area contributed by atoms with Crippen molar-refractivity contribution in [2.45, 2.75) is 39.3 Å². The molecule has 6 nitrogen and oxygen atoms in total. The van der Waals surface area contributed by atoms with Crippen molar-refractivity contribution in [2.24, 2.45) is 0 Å². The van der Waals surface area contributed by atoms with Crippen LogP contribution >= 0.6 is 12.6 Å². The summed E-state index contributed by atoms with van der Waals surface area (Å²) in [5.41, 5.74) is -0.671. The summed E-state index contributed by atoms with van der Waals surface area (Å²) in [5.74, 6) is -0.144. The number of hydrogen-bond donors (Lipinski definition) is 2. The Hall–Kier alpha value is -1.24. The van der Waals surface area contributed by atoms with Crippen LogP contribution in [0.5, 0.6) is 0 Å². The second-order valence-corrected chi connectivity index (χ2v) is 5.09. The van der Waals surface area contributed by atoms with E-state index < -0.39 is 17.7 Å². The average molecular weight is 276 g/mol. The van der Waals surface area contributed by atoms with Gasteiger partial charge in [0, 0.05) is 12.7 Å². The van der Waals surface area contributed by atoms with E-state index in [1.165, 1.54) is 6.92 Å². The maximum Gasteiger partial charge on any atom is 0.412 e. The highest BCUT2D eigenvalue weighted by Gasteiger charge is 2.27. The van der Waals surface area contributed by atoms with E-state index in [0.717, 1.165) is 4.90 Å². The van der Waals surface area contributed by atoms with Gasteiger partial charge in [0.05, 0.1) is 6.67 Å². The number of carbonyl (C=O) groups excluding carboxylic acids is 3. The zero-order valence-corrected chi connectivity index (χ0v) is 12.0.